The number of rotatable bonds is 8. The number of amides is 1. The lowest BCUT2D eigenvalue weighted by molar-refractivity contribution is -0.138. The Bertz CT molecular complexity index is 994. The minimum absolute atomic E-state index is 0.0584. The second-order valence-electron chi connectivity index (χ2n) is 7.61. The van der Waals surface area contributed by atoms with Gasteiger partial charge in [0.2, 0.25) is 5.91 Å². The van der Waals surface area contributed by atoms with Crippen molar-refractivity contribution in [3.8, 4) is 5.75 Å². The van der Waals surface area contributed by atoms with Crippen LogP contribution < -0.4 is 10.3 Å². The lowest BCUT2D eigenvalue weighted by atomic mass is 9.95. The maximum atomic E-state index is 12.6. The van der Waals surface area contributed by atoms with Gasteiger partial charge in [0.15, 0.2) is 5.75 Å². The van der Waals surface area contributed by atoms with E-state index in [0.29, 0.717) is 37.5 Å². The van der Waals surface area contributed by atoms with Gasteiger partial charge < -0.3 is 14.4 Å². The molecule has 1 saturated heterocycles. The summed E-state index contributed by atoms with van der Waals surface area (Å²) in [6.07, 6.45) is -0.478. The standard InChI is InChI=1S/C20H23BrF3N5O4/c1-12(33-15-10-27-28-19(31)17(15)21)11-32-7-4-16(30)29-5-2-13(3-6-29)18-25-8-14(9-26-18)20(22,23)24/h8-10,12-13H,2-7,11H2,1H3,(H,28,31)/t12-/m0/s1. The van der Waals surface area contributed by atoms with Crippen molar-refractivity contribution in [3.63, 3.8) is 0 Å². The number of piperidine rings is 1. The topological polar surface area (TPSA) is 110 Å². The Morgan fingerprint density at radius 2 is 1.94 bits per heavy atom. The minimum atomic E-state index is -4.46. The average molecular weight is 534 g/mol. The number of alkyl halides is 3. The molecule has 2 aromatic heterocycles. The van der Waals surface area contributed by atoms with Crippen molar-refractivity contribution in [2.45, 2.75) is 44.4 Å². The Balaban J connectivity index is 1.36. The largest absolute Gasteiger partial charge is 0.485 e. The molecule has 1 N–H and O–H groups in total. The number of aromatic amines is 1. The number of H-pyrrole nitrogens is 1. The van der Waals surface area contributed by atoms with Crippen LogP contribution in [0.3, 0.4) is 0 Å². The van der Waals surface area contributed by atoms with Crippen LogP contribution in [0.4, 0.5) is 13.2 Å². The van der Waals surface area contributed by atoms with Gasteiger partial charge in [0.25, 0.3) is 5.56 Å². The molecule has 1 aliphatic heterocycles. The summed E-state index contributed by atoms with van der Waals surface area (Å²) in [4.78, 5) is 33.3. The maximum Gasteiger partial charge on any atom is 0.419 e. The highest BCUT2D eigenvalue weighted by molar-refractivity contribution is 9.10. The highest BCUT2D eigenvalue weighted by Gasteiger charge is 2.32. The SMILES string of the molecule is C[C@@H](COCCC(=O)N1CCC(c2ncc(C(F)(F)F)cn2)CC1)Oc1cn[nH]c(=O)c1Br. The quantitative estimate of drug-likeness (QED) is 0.519. The van der Waals surface area contributed by atoms with Crippen LogP contribution in [-0.4, -0.2) is 63.4 Å². The highest BCUT2D eigenvalue weighted by Crippen LogP contribution is 2.30. The zero-order chi connectivity index (χ0) is 24.0. The number of carbonyl (C=O) groups is 1. The zero-order valence-corrected chi connectivity index (χ0v) is 19.4. The van der Waals surface area contributed by atoms with E-state index in [4.69, 9.17) is 9.47 Å². The van der Waals surface area contributed by atoms with Gasteiger partial charge in [-0.2, -0.15) is 18.3 Å². The molecule has 1 amide bonds. The van der Waals surface area contributed by atoms with Crippen molar-refractivity contribution in [2.24, 2.45) is 0 Å². The summed E-state index contributed by atoms with van der Waals surface area (Å²) in [5.74, 6) is 0.530. The number of carbonyl (C=O) groups excluding carboxylic acids is 1. The monoisotopic (exact) mass is 533 g/mol. The summed E-state index contributed by atoms with van der Waals surface area (Å²) in [7, 11) is 0. The smallest absolute Gasteiger partial charge is 0.419 e. The van der Waals surface area contributed by atoms with Gasteiger partial charge in [-0.15, -0.1) is 0 Å². The second kappa shape index (κ2) is 11.1. The highest BCUT2D eigenvalue weighted by atomic mass is 79.9. The summed E-state index contributed by atoms with van der Waals surface area (Å²) >= 11 is 3.13. The molecule has 0 bridgehead atoms. The van der Waals surface area contributed by atoms with Gasteiger partial charge in [-0.05, 0) is 35.7 Å². The minimum Gasteiger partial charge on any atom is -0.485 e. The molecule has 0 saturated carbocycles. The molecule has 0 radical (unpaired) electrons. The Morgan fingerprint density at radius 1 is 1.27 bits per heavy atom. The van der Waals surface area contributed by atoms with E-state index in [1.165, 1.54) is 6.20 Å². The summed E-state index contributed by atoms with van der Waals surface area (Å²) in [5.41, 5.74) is -1.28. The van der Waals surface area contributed by atoms with Crippen LogP contribution in [0.2, 0.25) is 0 Å². The van der Waals surface area contributed by atoms with E-state index in [9.17, 15) is 22.8 Å². The second-order valence-corrected chi connectivity index (χ2v) is 8.41. The molecule has 13 heteroatoms. The summed E-state index contributed by atoms with van der Waals surface area (Å²) in [6.45, 7) is 3.17. The third kappa shape index (κ3) is 6.97. The number of ether oxygens (including phenoxy) is 2. The maximum absolute atomic E-state index is 12.6. The predicted octanol–water partition coefficient (Wildman–Crippen LogP) is 2.92. The first kappa shape index (κ1) is 25.1. The molecule has 9 nitrogen and oxygen atoms in total. The number of nitrogens with zero attached hydrogens (tertiary/aromatic N) is 4. The van der Waals surface area contributed by atoms with Crippen LogP contribution in [-0.2, 0) is 15.7 Å². The van der Waals surface area contributed by atoms with Crippen molar-refractivity contribution in [1.82, 2.24) is 25.1 Å². The molecule has 1 atom stereocenters. The van der Waals surface area contributed by atoms with Gasteiger partial charge in [0.05, 0.1) is 31.4 Å². The first-order valence-corrected chi connectivity index (χ1v) is 11.1. The van der Waals surface area contributed by atoms with Crippen LogP contribution in [0.25, 0.3) is 0 Å². The van der Waals surface area contributed by atoms with Crippen molar-refractivity contribution < 1.29 is 27.4 Å². The molecule has 0 aromatic carbocycles. The van der Waals surface area contributed by atoms with Crippen LogP contribution in [0.5, 0.6) is 5.75 Å². The van der Waals surface area contributed by atoms with Crippen molar-refractivity contribution in [2.75, 3.05) is 26.3 Å². The summed E-state index contributed by atoms with van der Waals surface area (Å²) in [6, 6.07) is 0. The zero-order valence-electron chi connectivity index (χ0n) is 17.8. The number of hydrogen-bond donors (Lipinski definition) is 1. The number of nitrogens with one attached hydrogen (secondary N) is 1. The van der Waals surface area contributed by atoms with E-state index in [1.807, 2.05) is 0 Å². The Hall–Kier alpha value is -2.54. The molecule has 2 aromatic rings. The normalized spacial score (nSPS) is 16.0. The van der Waals surface area contributed by atoms with Gasteiger partial charge in [-0.3, -0.25) is 9.59 Å². The van der Waals surface area contributed by atoms with Gasteiger partial charge in [0, 0.05) is 31.4 Å². The van der Waals surface area contributed by atoms with E-state index in [-0.39, 0.29) is 42.0 Å². The average Bonchev–Trinajstić information content (AvgIpc) is 2.79. The Morgan fingerprint density at radius 3 is 2.58 bits per heavy atom. The fourth-order valence-corrected chi connectivity index (χ4v) is 3.63. The van der Waals surface area contributed by atoms with E-state index in [2.05, 4.69) is 36.1 Å². The van der Waals surface area contributed by atoms with Crippen molar-refractivity contribution in [3.05, 3.63) is 44.8 Å². The van der Waals surface area contributed by atoms with Gasteiger partial charge in [-0.1, -0.05) is 0 Å². The Kier molecular flexibility index (Phi) is 8.40. The Labute approximate surface area is 195 Å². The predicted molar refractivity (Wildman–Crippen MR) is 114 cm³/mol. The van der Waals surface area contributed by atoms with Gasteiger partial charge in [-0.25, -0.2) is 15.1 Å². The molecule has 1 fully saturated rings. The molecule has 1 aliphatic rings. The van der Waals surface area contributed by atoms with E-state index >= 15 is 0 Å². The molecule has 0 unspecified atom stereocenters. The van der Waals surface area contributed by atoms with E-state index in [0.717, 1.165) is 12.4 Å². The molecule has 3 heterocycles. The fourth-order valence-electron chi connectivity index (χ4n) is 3.35. The first-order valence-electron chi connectivity index (χ1n) is 10.3. The number of likely N-dealkylation sites (tertiary alicyclic amines) is 1. The number of aromatic nitrogens is 4. The molecular weight excluding hydrogens is 511 g/mol. The number of halogens is 4. The van der Waals surface area contributed by atoms with Crippen LogP contribution in [0, 0.1) is 0 Å². The lowest BCUT2D eigenvalue weighted by Crippen LogP contribution is -2.38. The van der Waals surface area contributed by atoms with Gasteiger partial charge >= 0.3 is 6.18 Å². The van der Waals surface area contributed by atoms with Crippen LogP contribution >= 0.6 is 15.9 Å². The van der Waals surface area contributed by atoms with Gasteiger partial charge in [0.1, 0.15) is 16.4 Å². The molecule has 180 valence electrons. The third-order valence-corrected chi connectivity index (χ3v) is 5.87. The van der Waals surface area contributed by atoms with E-state index < -0.39 is 17.3 Å². The molecule has 0 aliphatic carbocycles. The molecule has 0 spiro atoms. The molecule has 3 rings (SSSR count). The van der Waals surface area contributed by atoms with Crippen LogP contribution in [0.15, 0.2) is 27.9 Å². The molecule has 33 heavy (non-hydrogen) atoms. The van der Waals surface area contributed by atoms with Crippen LogP contribution in [0.1, 0.15) is 43.5 Å². The fraction of sp³-hybridized carbons (Fsp3) is 0.550. The van der Waals surface area contributed by atoms with E-state index in [1.54, 1.807) is 11.8 Å². The first-order chi connectivity index (χ1) is 15.6. The lowest BCUT2D eigenvalue weighted by Gasteiger charge is -2.31. The summed E-state index contributed by atoms with van der Waals surface area (Å²) < 4.78 is 49.3. The number of hydrogen-bond acceptors (Lipinski definition) is 7. The molecular formula is C20H23BrF3N5O4. The van der Waals surface area contributed by atoms with Crippen molar-refractivity contribution >= 4 is 21.8 Å². The third-order valence-electron chi connectivity index (χ3n) is 5.12. The summed E-state index contributed by atoms with van der Waals surface area (Å²) in [5, 5.41) is 5.95. The van der Waals surface area contributed by atoms with Crippen molar-refractivity contribution in [1.29, 1.82) is 0 Å².